The van der Waals surface area contributed by atoms with Gasteiger partial charge in [0.1, 0.15) is 0 Å². The lowest BCUT2D eigenvalue weighted by molar-refractivity contribution is -0.123. The first-order chi connectivity index (χ1) is 8.54. The molecule has 106 valence electrons. The third-order valence-electron chi connectivity index (χ3n) is 4.37. The Hall–Kier alpha value is -0.570. The molecule has 0 heterocycles. The maximum Gasteiger partial charge on any atom is 0.220 e. The number of nitrogens with one attached hydrogen (secondary N) is 1. The molecule has 0 aromatic heterocycles. The van der Waals surface area contributed by atoms with Crippen molar-refractivity contribution in [3.05, 3.63) is 0 Å². The average Bonchev–Trinajstić information content (AvgIpc) is 2.86. The van der Waals surface area contributed by atoms with Crippen LogP contribution in [0, 0.1) is 17.8 Å². The molecule has 0 spiro atoms. The second-order valence-corrected chi connectivity index (χ2v) is 6.03. The van der Waals surface area contributed by atoms with Gasteiger partial charge in [-0.2, -0.15) is 0 Å². The Kier molecular flexibility index (Phi) is 6.69. The summed E-state index contributed by atoms with van der Waals surface area (Å²) in [6.45, 7) is 6.88. The van der Waals surface area contributed by atoms with Crippen molar-refractivity contribution >= 4 is 5.91 Å². The van der Waals surface area contributed by atoms with Gasteiger partial charge in [-0.1, -0.05) is 40.0 Å². The molecule has 1 aliphatic rings. The van der Waals surface area contributed by atoms with E-state index in [1.807, 2.05) is 0 Å². The molecule has 0 aromatic rings. The molecule has 0 aromatic carbocycles. The minimum atomic E-state index is -0.351. The third-order valence-corrected chi connectivity index (χ3v) is 4.37. The van der Waals surface area contributed by atoms with Gasteiger partial charge in [0.15, 0.2) is 0 Å². The lowest BCUT2D eigenvalue weighted by Crippen LogP contribution is -2.36. The summed E-state index contributed by atoms with van der Waals surface area (Å²) in [5.74, 6) is 1.49. The largest absolute Gasteiger partial charge is 0.391 e. The maximum atomic E-state index is 11.8. The van der Waals surface area contributed by atoms with Crippen LogP contribution in [0.2, 0.25) is 0 Å². The zero-order chi connectivity index (χ0) is 13.5. The summed E-state index contributed by atoms with van der Waals surface area (Å²) in [5.41, 5.74) is 0. The van der Waals surface area contributed by atoms with Crippen molar-refractivity contribution in [1.82, 2.24) is 5.32 Å². The SMILES string of the molecule is CCC(CC(=O)NCC(O)C1CCCC1)C(C)C. The zero-order valence-electron chi connectivity index (χ0n) is 12.1. The Morgan fingerprint density at radius 3 is 2.44 bits per heavy atom. The van der Waals surface area contributed by atoms with Crippen LogP contribution in [-0.2, 0) is 4.79 Å². The van der Waals surface area contributed by atoms with Crippen molar-refractivity contribution in [2.24, 2.45) is 17.8 Å². The number of amides is 1. The molecular formula is C15H29NO2. The molecule has 1 aliphatic carbocycles. The molecule has 1 fully saturated rings. The molecule has 0 aliphatic heterocycles. The summed E-state index contributed by atoms with van der Waals surface area (Å²) < 4.78 is 0. The van der Waals surface area contributed by atoms with Crippen molar-refractivity contribution < 1.29 is 9.90 Å². The Balaban J connectivity index is 2.23. The number of rotatable bonds is 7. The van der Waals surface area contributed by atoms with E-state index in [9.17, 15) is 9.90 Å². The maximum absolute atomic E-state index is 11.8. The molecule has 18 heavy (non-hydrogen) atoms. The topological polar surface area (TPSA) is 49.3 Å². The molecule has 2 atom stereocenters. The van der Waals surface area contributed by atoms with E-state index in [0.29, 0.717) is 30.7 Å². The van der Waals surface area contributed by atoms with E-state index in [2.05, 4.69) is 26.1 Å². The van der Waals surface area contributed by atoms with Crippen LogP contribution in [0.3, 0.4) is 0 Å². The Morgan fingerprint density at radius 2 is 1.94 bits per heavy atom. The number of aliphatic hydroxyl groups is 1. The summed E-state index contributed by atoms with van der Waals surface area (Å²) in [6.07, 6.45) is 5.95. The van der Waals surface area contributed by atoms with Crippen LogP contribution in [0.1, 0.15) is 59.3 Å². The highest BCUT2D eigenvalue weighted by molar-refractivity contribution is 5.76. The van der Waals surface area contributed by atoms with Gasteiger partial charge < -0.3 is 10.4 Å². The van der Waals surface area contributed by atoms with E-state index < -0.39 is 0 Å². The first kappa shape index (κ1) is 15.5. The normalized spacial score (nSPS) is 20.1. The minimum Gasteiger partial charge on any atom is -0.391 e. The minimum absolute atomic E-state index is 0.0904. The molecular weight excluding hydrogens is 226 g/mol. The quantitative estimate of drug-likeness (QED) is 0.735. The molecule has 3 nitrogen and oxygen atoms in total. The van der Waals surface area contributed by atoms with Crippen LogP contribution < -0.4 is 5.32 Å². The molecule has 2 N–H and O–H groups in total. The number of aliphatic hydroxyl groups excluding tert-OH is 1. The number of hydrogen-bond donors (Lipinski definition) is 2. The van der Waals surface area contributed by atoms with E-state index in [0.717, 1.165) is 19.3 Å². The van der Waals surface area contributed by atoms with Crippen LogP contribution in [0.5, 0.6) is 0 Å². The third kappa shape index (κ3) is 4.97. The van der Waals surface area contributed by atoms with Gasteiger partial charge in [-0.3, -0.25) is 4.79 Å². The highest BCUT2D eigenvalue weighted by Crippen LogP contribution is 2.27. The van der Waals surface area contributed by atoms with Gasteiger partial charge in [0, 0.05) is 13.0 Å². The van der Waals surface area contributed by atoms with E-state index in [1.54, 1.807) is 0 Å². The van der Waals surface area contributed by atoms with Crippen molar-refractivity contribution in [3.8, 4) is 0 Å². The number of carbonyl (C=O) groups excluding carboxylic acids is 1. The van der Waals surface area contributed by atoms with Gasteiger partial charge in [-0.15, -0.1) is 0 Å². The zero-order valence-corrected chi connectivity index (χ0v) is 12.1. The summed E-state index contributed by atoms with van der Waals surface area (Å²) in [5, 5.41) is 12.9. The van der Waals surface area contributed by atoms with Crippen LogP contribution in [-0.4, -0.2) is 23.7 Å². The lowest BCUT2D eigenvalue weighted by atomic mass is 9.90. The molecule has 1 saturated carbocycles. The second-order valence-electron chi connectivity index (χ2n) is 6.03. The smallest absolute Gasteiger partial charge is 0.220 e. The first-order valence-electron chi connectivity index (χ1n) is 7.49. The molecule has 3 heteroatoms. The van der Waals surface area contributed by atoms with Crippen molar-refractivity contribution in [1.29, 1.82) is 0 Å². The van der Waals surface area contributed by atoms with Crippen LogP contribution in [0.15, 0.2) is 0 Å². The van der Waals surface area contributed by atoms with Gasteiger partial charge in [-0.25, -0.2) is 0 Å². The second kappa shape index (κ2) is 7.78. The monoisotopic (exact) mass is 255 g/mol. The van der Waals surface area contributed by atoms with Gasteiger partial charge in [0.25, 0.3) is 0 Å². The van der Waals surface area contributed by atoms with E-state index in [4.69, 9.17) is 0 Å². The predicted octanol–water partition coefficient (Wildman–Crippen LogP) is 2.73. The van der Waals surface area contributed by atoms with Crippen LogP contribution in [0.4, 0.5) is 0 Å². The first-order valence-corrected chi connectivity index (χ1v) is 7.49. The van der Waals surface area contributed by atoms with Crippen molar-refractivity contribution in [3.63, 3.8) is 0 Å². The Bertz CT molecular complexity index is 247. The van der Waals surface area contributed by atoms with Gasteiger partial charge in [0.05, 0.1) is 6.10 Å². The van der Waals surface area contributed by atoms with Crippen molar-refractivity contribution in [2.45, 2.75) is 65.4 Å². The predicted molar refractivity (Wildman–Crippen MR) is 74.2 cm³/mol. The lowest BCUT2D eigenvalue weighted by Gasteiger charge is -2.21. The molecule has 0 bridgehead atoms. The number of carbonyl (C=O) groups is 1. The van der Waals surface area contributed by atoms with Crippen LogP contribution in [0.25, 0.3) is 0 Å². The summed E-state index contributed by atoms with van der Waals surface area (Å²) in [6, 6.07) is 0. The summed E-state index contributed by atoms with van der Waals surface area (Å²) in [7, 11) is 0. The molecule has 0 saturated heterocycles. The molecule has 1 rings (SSSR count). The summed E-state index contributed by atoms with van der Waals surface area (Å²) >= 11 is 0. The van der Waals surface area contributed by atoms with E-state index in [-0.39, 0.29) is 12.0 Å². The fraction of sp³-hybridized carbons (Fsp3) is 0.933. The molecule has 0 radical (unpaired) electrons. The Morgan fingerprint density at radius 1 is 1.33 bits per heavy atom. The molecule has 1 amide bonds. The fourth-order valence-corrected chi connectivity index (χ4v) is 2.89. The van der Waals surface area contributed by atoms with Gasteiger partial charge in [0.2, 0.25) is 5.91 Å². The number of hydrogen-bond acceptors (Lipinski definition) is 2. The standard InChI is InChI=1S/C15H29NO2/c1-4-12(11(2)3)9-15(18)16-10-14(17)13-7-5-6-8-13/h11-14,17H,4-10H2,1-3H3,(H,16,18). The van der Waals surface area contributed by atoms with Crippen LogP contribution >= 0.6 is 0 Å². The summed E-state index contributed by atoms with van der Waals surface area (Å²) in [4.78, 5) is 11.8. The van der Waals surface area contributed by atoms with E-state index >= 15 is 0 Å². The highest BCUT2D eigenvalue weighted by atomic mass is 16.3. The van der Waals surface area contributed by atoms with E-state index in [1.165, 1.54) is 12.8 Å². The molecule has 2 unspecified atom stereocenters. The van der Waals surface area contributed by atoms with Crippen molar-refractivity contribution in [2.75, 3.05) is 6.54 Å². The van der Waals surface area contributed by atoms with Gasteiger partial charge in [-0.05, 0) is 30.6 Å². The average molecular weight is 255 g/mol. The van der Waals surface area contributed by atoms with Gasteiger partial charge >= 0.3 is 0 Å². The fourth-order valence-electron chi connectivity index (χ4n) is 2.89. The highest BCUT2D eigenvalue weighted by Gasteiger charge is 2.23. The Labute approximate surface area is 111 Å².